The van der Waals surface area contributed by atoms with Crippen LogP contribution in [0, 0.1) is 5.82 Å². The number of alkyl halides is 3. The maximum atomic E-state index is 13.6. The summed E-state index contributed by atoms with van der Waals surface area (Å²) in [5.74, 6) is -0.684. The average molecular weight is 291 g/mol. The van der Waals surface area contributed by atoms with Crippen molar-refractivity contribution in [1.29, 1.82) is 0 Å². The predicted octanol–water partition coefficient (Wildman–Crippen LogP) is 4.04. The summed E-state index contributed by atoms with van der Waals surface area (Å²) in [6, 6.07) is 5.01. The maximum absolute atomic E-state index is 13.6. The first-order valence-corrected chi connectivity index (χ1v) is 5.57. The molecule has 0 amide bonds. The van der Waals surface area contributed by atoms with E-state index in [4.69, 9.17) is 11.6 Å². The second-order valence-corrected chi connectivity index (χ2v) is 4.18. The molecule has 2 rings (SSSR count). The Balaban J connectivity index is 2.38. The molecule has 0 saturated carbocycles. The van der Waals surface area contributed by atoms with E-state index in [0.29, 0.717) is 0 Å². The van der Waals surface area contributed by atoms with Gasteiger partial charge in [-0.15, -0.1) is 0 Å². The van der Waals surface area contributed by atoms with Gasteiger partial charge in [-0.25, -0.2) is 9.37 Å². The van der Waals surface area contributed by atoms with Crippen molar-refractivity contribution >= 4 is 11.6 Å². The third kappa shape index (κ3) is 3.64. The molecule has 0 unspecified atom stereocenters. The molecule has 2 aromatic heterocycles. The van der Waals surface area contributed by atoms with Crippen LogP contribution in [-0.2, 0) is 6.42 Å². The molecule has 7 heteroatoms. The molecular weight excluding hydrogens is 284 g/mol. The number of nitrogens with zero attached hydrogens (tertiary/aromatic N) is 2. The lowest BCUT2D eigenvalue weighted by Gasteiger charge is -2.08. The number of rotatable bonds is 2. The van der Waals surface area contributed by atoms with Crippen LogP contribution in [-0.4, -0.2) is 16.1 Å². The minimum atomic E-state index is -4.36. The Morgan fingerprint density at radius 1 is 1.21 bits per heavy atom. The lowest BCUT2D eigenvalue weighted by Crippen LogP contribution is -2.12. The number of pyridine rings is 2. The molecule has 19 heavy (non-hydrogen) atoms. The molecule has 0 aliphatic carbocycles. The van der Waals surface area contributed by atoms with E-state index in [0.717, 1.165) is 12.3 Å². The third-order valence-corrected chi connectivity index (χ3v) is 2.49. The summed E-state index contributed by atoms with van der Waals surface area (Å²) in [6.07, 6.45) is -4.39. The monoisotopic (exact) mass is 290 g/mol. The van der Waals surface area contributed by atoms with Gasteiger partial charge in [0, 0.05) is 12.3 Å². The van der Waals surface area contributed by atoms with Crippen LogP contribution in [0.25, 0.3) is 11.3 Å². The van der Waals surface area contributed by atoms with Crippen LogP contribution in [0.15, 0.2) is 30.5 Å². The smallest absolute Gasteiger partial charge is 0.252 e. The van der Waals surface area contributed by atoms with Gasteiger partial charge in [0.15, 0.2) is 0 Å². The Morgan fingerprint density at radius 2 is 1.95 bits per heavy atom. The molecule has 0 atom stereocenters. The van der Waals surface area contributed by atoms with Crippen molar-refractivity contribution in [2.24, 2.45) is 0 Å². The summed E-state index contributed by atoms with van der Waals surface area (Å²) < 4.78 is 50.4. The van der Waals surface area contributed by atoms with E-state index < -0.39 is 18.4 Å². The number of halogens is 5. The second-order valence-electron chi connectivity index (χ2n) is 3.79. The number of hydrogen-bond donors (Lipinski definition) is 0. The van der Waals surface area contributed by atoms with Gasteiger partial charge in [0.05, 0.1) is 23.4 Å². The zero-order chi connectivity index (χ0) is 14.0. The van der Waals surface area contributed by atoms with Crippen LogP contribution in [0.5, 0.6) is 0 Å². The molecular formula is C12H7ClF4N2. The lowest BCUT2D eigenvalue weighted by atomic mass is 10.1. The van der Waals surface area contributed by atoms with Crippen LogP contribution < -0.4 is 0 Å². The van der Waals surface area contributed by atoms with Crippen LogP contribution in [0.4, 0.5) is 17.6 Å². The summed E-state index contributed by atoms with van der Waals surface area (Å²) in [6.45, 7) is 0. The van der Waals surface area contributed by atoms with E-state index in [9.17, 15) is 17.6 Å². The molecule has 2 aromatic rings. The Hall–Kier alpha value is -1.69. The first kappa shape index (κ1) is 13.7. The fraction of sp³-hybridized carbons (Fsp3) is 0.167. The van der Waals surface area contributed by atoms with Crippen LogP contribution in [0.2, 0.25) is 5.15 Å². The van der Waals surface area contributed by atoms with Gasteiger partial charge >= 0.3 is 6.18 Å². The van der Waals surface area contributed by atoms with Gasteiger partial charge in [0.2, 0.25) is 0 Å². The molecule has 0 bridgehead atoms. The van der Waals surface area contributed by atoms with Crippen LogP contribution in [0.3, 0.4) is 0 Å². The molecule has 0 aliphatic rings. The molecule has 0 fully saturated rings. The Morgan fingerprint density at radius 3 is 2.58 bits per heavy atom. The van der Waals surface area contributed by atoms with E-state index in [2.05, 4.69) is 9.97 Å². The summed E-state index contributed by atoms with van der Waals surface area (Å²) in [7, 11) is 0. The molecule has 0 N–H and O–H groups in total. The fourth-order valence-electron chi connectivity index (χ4n) is 1.53. The van der Waals surface area contributed by atoms with Gasteiger partial charge in [0.1, 0.15) is 11.0 Å². The molecule has 0 aromatic carbocycles. The van der Waals surface area contributed by atoms with Crippen molar-refractivity contribution in [3.63, 3.8) is 0 Å². The van der Waals surface area contributed by atoms with E-state index in [-0.39, 0.29) is 22.1 Å². The summed E-state index contributed by atoms with van der Waals surface area (Å²) in [4.78, 5) is 7.46. The van der Waals surface area contributed by atoms with Crippen molar-refractivity contribution in [3.05, 3.63) is 47.1 Å². The highest BCUT2D eigenvalue weighted by atomic mass is 35.5. The molecule has 0 spiro atoms. The average Bonchev–Trinajstić information content (AvgIpc) is 2.26. The van der Waals surface area contributed by atoms with Gasteiger partial charge in [-0.05, 0) is 12.1 Å². The molecule has 2 nitrogen and oxygen atoms in total. The Labute approximate surface area is 111 Å². The first-order valence-electron chi connectivity index (χ1n) is 5.19. The normalized spacial score (nSPS) is 11.6. The van der Waals surface area contributed by atoms with E-state index in [1.54, 1.807) is 0 Å². The van der Waals surface area contributed by atoms with Crippen molar-refractivity contribution in [2.45, 2.75) is 12.6 Å². The van der Waals surface area contributed by atoms with E-state index in [1.807, 2.05) is 0 Å². The zero-order valence-electron chi connectivity index (χ0n) is 9.38. The molecule has 0 radical (unpaired) electrons. The minimum absolute atomic E-state index is 0.00780. The standard InChI is InChI=1S/C12H7ClF4N2/c13-11-4-9(14)8(6-18-11)10-3-1-2-7(19-10)5-12(15,16)17/h1-4,6H,5H2. The maximum Gasteiger partial charge on any atom is 0.394 e. The lowest BCUT2D eigenvalue weighted by molar-refractivity contribution is -0.127. The third-order valence-electron chi connectivity index (χ3n) is 2.28. The highest BCUT2D eigenvalue weighted by molar-refractivity contribution is 6.29. The highest BCUT2D eigenvalue weighted by Crippen LogP contribution is 2.24. The Bertz CT molecular complexity index is 599. The van der Waals surface area contributed by atoms with Gasteiger partial charge in [-0.2, -0.15) is 13.2 Å². The Kier molecular flexibility index (Phi) is 3.71. The summed E-state index contributed by atoms with van der Waals surface area (Å²) >= 11 is 5.50. The number of hydrogen-bond acceptors (Lipinski definition) is 2. The fourth-order valence-corrected chi connectivity index (χ4v) is 1.67. The largest absolute Gasteiger partial charge is 0.394 e. The second kappa shape index (κ2) is 5.13. The summed E-state index contributed by atoms with van der Waals surface area (Å²) in [5, 5.41) is -0.0345. The SMILES string of the molecule is Fc1cc(Cl)ncc1-c1cccc(CC(F)(F)F)n1. The molecule has 0 aliphatic heterocycles. The zero-order valence-corrected chi connectivity index (χ0v) is 10.1. The van der Waals surface area contributed by atoms with Crippen molar-refractivity contribution in [2.75, 3.05) is 0 Å². The topological polar surface area (TPSA) is 25.8 Å². The first-order chi connectivity index (χ1) is 8.85. The molecule has 100 valence electrons. The van der Waals surface area contributed by atoms with Crippen LogP contribution >= 0.6 is 11.6 Å². The van der Waals surface area contributed by atoms with Gasteiger partial charge in [0.25, 0.3) is 0 Å². The van der Waals surface area contributed by atoms with E-state index >= 15 is 0 Å². The van der Waals surface area contributed by atoms with Gasteiger partial charge < -0.3 is 0 Å². The van der Waals surface area contributed by atoms with Crippen molar-refractivity contribution < 1.29 is 17.6 Å². The quantitative estimate of drug-likeness (QED) is 0.616. The molecule has 2 heterocycles. The predicted molar refractivity (Wildman–Crippen MR) is 62.2 cm³/mol. The van der Waals surface area contributed by atoms with Crippen molar-refractivity contribution in [1.82, 2.24) is 9.97 Å². The molecule has 0 saturated heterocycles. The minimum Gasteiger partial charge on any atom is -0.252 e. The van der Waals surface area contributed by atoms with Crippen LogP contribution in [0.1, 0.15) is 5.69 Å². The van der Waals surface area contributed by atoms with E-state index in [1.165, 1.54) is 18.2 Å². The highest BCUT2D eigenvalue weighted by Gasteiger charge is 2.28. The van der Waals surface area contributed by atoms with Crippen molar-refractivity contribution in [3.8, 4) is 11.3 Å². The summed E-state index contributed by atoms with van der Waals surface area (Å²) in [5.41, 5.74) is -0.0869. The number of aromatic nitrogens is 2. The van der Waals surface area contributed by atoms with Gasteiger partial charge in [-0.1, -0.05) is 17.7 Å². The van der Waals surface area contributed by atoms with Gasteiger partial charge in [-0.3, -0.25) is 4.98 Å².